The maximum absolute atomic E-state index is 11.8. The first-order valence-corrected chi connectivity index (χ1v) is 6.83. The molecule has 2 atom stereocenters. The average molecular weight is 307 g/mol. The Morgan fingerprint density at radius 3 is 3.00 bits per heavy atom. The molecule has 2 unspecified atom stereocenters. The Hall–Kier alpha value is -0.480. The van der Waals surface area contributed by atoms with Crippen LogP contribution in [-0.2, 0) is 0 Å². The Morgan fingerprint density at radius 1 is 1.56 bits per heavy atom. The normalized spacial score (nSPS) is 24.6. The second-order valence-electron chi connectivity index (χ2n) is 4.03. The van der Waals surface area contributed by atoms with Crippen LogP contribution in [0.25, 0.3) is 0 Å². The van der Waals surface area contributed by atoms with E-state index in [1.165, 1.54) is 6.42 Å². The molecule has 5 heteroatoms. The van der Waals surface area contributed by atoms with E-state index in [-0.39, 0.29) is 22.9 Å². The lowest BCUT2D eigenvalue weighted by Gasteiger charge is -2.18. The zero-order valence-corrected chi connectivity index (χ0v) is 11.1. The van der Waals surface area contributed by atoms with Crippen molar-refractivity contribution in [3.63, 3.8) is 0 Å². The molecule has 2 rings (SSSR count). The van der Waals surface area contributed by atoms with Crippen molar-refractivity contribution in [1.29, 1.82) is 0 Å². The molecule has 1 fully saturated rings. The molecular weight excluding hydrogens is 293 g/mol. The van der Waals surface area contributed by atoms with Crippen molar-refractivity contribution >= 4 is 33.4 Å². The van der Waals surface area contributed by atoms with E-state index >= 15 is 0 Å². The molecule has 1 aromatic heterocycles. The van der Waals surface area contributed by atoms with Gasteiger partial charge in [0.15, 0.2) is 11.0 Å². The number of hydrogen-bond acceptors (Lipinski definition) is 2. The van der Waals surface area contributed by atoms with E-state index in [9.17, 15) is 4.79 Å². The monoisotopic (exact) mass is 305 g/mol. The van der Waals surface area contributed by atoms with E-state index in [1.807, 2.05) is 0 Å². The third-order valence-electron chi connectivity index (χ3n) is 2.97. The van der Waals surface area contributed by atoms with Gasteiger partial charge in [-0.15, -0.1) is 0 Å². The third kappa shape index (κ3) is 2.61. The van der Waals surface area contributed by atoms with Crippen LogP contribution < -0.4 is 5.32 Å². The quantitative estimate of drug-likeness (QED) is 0.871. The lowest BCUT2D eigenvalue weighted by Crippen LogP contribution is -2.37. The number of carbonyl (C=O) groups excluding carboxylic acids is 1. The maximum atomic E-state index is 11.8. The summed E-state index contributed by atoms with van der Waals surface area (Å²) in [6.45, 7) is 0. The first kappa shape index (κ1) is 12.0. The van der Waals surface area contributed by atoms with E-state index in [0.717, 1.165) is 18.2 Å². The van der Waals surface area contributed by atoms with Gasteiger partial charge < -0.3 is 9.73 Å². The Kier molecular flexibility index (Phi) is 3.92. The van der Waals surface area contributed by atoms with Crippen LogP contribution in [0.15, 0.2) is 16.5 Å². The Balaban J connectivity index is 1.97. The number of halogens is 2. The molecule has 88 valence electrons. The summed E-state index contributed by atoms with van der Waals surface area (Å²) >= 11 is 9.09. The van der Waals surface area contributed by atoms with Crippen molar-refractivity contribution in [3.05, 3.63) is 23.1 Å². The minimum Gasteiger partial charge on any atom is -0.440 e. The standard InChI is InChI=1S/C11H13BrClNO2/c12-6-7-2-1-3-8(7)14-11(15)9-4-5-10(13)16-9/h4-5,7-8H,1-3,6H2,(H,14,15). The van der Waals surface area contributed by atoms with Crippen molar-refractivity contribution in [2.24, 2.45) is 5.92 Å². The van der Waals surface area contributed by atoms with Crippen LogP contribution in [0.4, 0.5) is 0 Å². The lowest BCUT2D eigenvalue weighted by atomic mass is 10.1. The fourth-order valence-electron chi connectivity index (χ4n) is 2.09. The summed E-state index contributed by atoms with van der Waals surface area (Å²) in [4.78, 5) is 11.8. The van der Waals surface area contributed by atoms with Crippen LogP contribution in [0, 0.1) is 5.92 Å². The first-order valence-electron chi connectivity index (χ1n) is 5.33. The number of nitrogens with one attached hydrogen (secondary N) is 1. The molecule has 0 bridgehead atoms. The maximum Gasteiger partial charge on any atom is 0.287 e. The van der Waals surface area contributed by atoms with E-state index in [1.54, 1.807) is 12.1 Å². The highest BCUT2D eigenvalue weighted by Crippen LogP contribution is 2.27. The Labute approximate surface area is 108 Å². The highest BCUT2D eigenvalue weighted by Gasteiger charge is 2.28. The highest BCUT2D eigenvalue weighted by atomic mass is 79.9. The number of amides is 1. The minimum atomic E-state index is -0.176. The van der Waals surface area contributed by atoms with Gasteiger partial charge in [-0.1, -0.05) is 22.4 Å². The topological polar surface area (TPSA) is 42.2 Å². The van der Waals surface area contributed by atoms with Crippen LogP contribution >= 0.6 is 27.5 Å². The Morgan fingerprint density at radius 2 is 2.38 bits per heavy atom. The lowest BCUT2D eigenvalue weighted by molar-refractivity contribution is 0.0902. The number of furan rings is 1. The van der Waals surface area contributed by atoms with Crippen LogP contribution in [0.2, 0.25) is 5.22 Å². The summed E-state index contributed by atoms with van der Waals surface area (Å²) in [5.74, 6) is 0.629. The molecule has 0 radical (unpaired) electrons. The molecule has 1 aromatic rings. The van der Waals surface area contributed by atoms with Crippen LogP contribution in [0.3, 0.4) is 0 Å². The fraction of sp³-hybridized carbons (Fsp3) is 0.545. The van der Waals surface area contributed by atoms with Crippen LogP contribution in [0.1, 0.15) is 29.8 Å². The van der Waals surface area contributed by atoms with Gasteiger partial charge in [-0.25, -0.2) is 0 Å². The summed E-state index contributed by atoms with van der Waals surface area (Å²) in [6.07, 6.45) is 3.37. The SMILES string of the molecule is O=C(NC1CCCC1CBr)c1ccc(Cl)o1. The van der Waals surface area contributed by atoms with Gasteiger partial charge in [0.25, 0.3) is 5.91 Å². The molecule has 0 saturated heterocycles. The van der Waals surface area contributed by atoms with Gasteiger partial charge in [0.2, 0.25) is 0 Å². The molecule has 1 saturated carbocycles. The van der Waals surface area contributed by atoms with E-state index in [0.29, 0.717) is 5.92 Å². The molecule has 0 aromatic carbocycles. The molecule has 1 N–H and O–H groups in total. The molecule has 3 nitrogen and oxygen atoms in total. The molecule has 1 heterocycles. The number of rotatable bonds is 3. The summed E-state index contributed by atoms with van der Waals surface area (Å²) in [7, 11) is 0. The largest absolute Gasteiger partial charge is 0.440 e. The number of hydrogen-bond donors (Lipinski definition) is 1. The van der Waals surface area contributed by atoms with Gasteiger partial charge >= 0.3 is 0 Å². The molecule has 1 amide bonds. The van der Waals surface area contributed by atoms with Gasteiger partial charge in [-0.05, 0) is 42.5 Å². The minimum absolute atomic E-state index is 0.176. The molecular formula is C11H13BrClNO2. The van der Waals surface area contributed by atoms with Gasteiger partial charge in [-0.3, -0.25) is 4.79 Å². The summed E-state index contributed by atoms with van der Waals surface area (Å²) in [5, 5.41) is 4.16. The van der Waals surface area contributed by atoms with Crippen molar-refractivity contribution < 1.29 is 9.21 Å². The molecule has 16 heavy (non-hydrogen) atoms. The summed E-state index contributed by atoms with van der Waals surface area (Å²) in [5.41, 5.74) is 0. The summed E-state index contributed by atoms with van der Waals surface area (Å²) < 4.78 is 5.07. The van der Waals surface area contributed by atoms with Gasteiger partial charge in [0, 0.05) is 11.4 Å². The number of alkyl halides is 1. The van der Waals surface area contributed by atoms with Crippen molar-refractivity contribution in [3.8, 4) is 0 Å². The predicted molar refractivity (Wildman–Crippen MR) is 66.1 cm³/mol. The van der Waals surface area contributed by atoms with Gasteiger partial charge in [0.1, 0.15) is 0 Å². The highest BCUT2D eigenvalue weighted by molar-refractivity contribution is 9.09. The second kappa shape index (κ2) is 5.23. The van der Waals surface area contributed by atoms with Crippen molar-refractivity contribution in [1.82, 2.24) is 5.32 Å². The third-order valence-corrected chi connectivity index (χ3v) is 4.01. The molecule has 0 aliphatic heterocycles. The van der Waals surface area contributed by atoms with Crippen LogP contribution in [-0.4, -0.2) is 17.3 Å². The van der Waals surface area contributed by atoms with E-state index in [4.69, 9.17) is 16.0 Å². The fourth-order valence-corrected chi connectivity index (χ4v) is 3.01. The Bertz CT molecular complexity index is 380. The van der Waals surface area contributed by atoms with E-state index < -0.39 is 0 Å². The summed E-state index contributed by atoms with van der Waals surface area (Å²) in [6, 6.07) is 3.42. The predicted octanol–water partition coefficient (Wildman–Crippen LogP) is 3.23. The molecule has 1 aliphatic rings. The second-order valence-corrected chi connectivity index (χ2v) is 5.05. The smallest absolute Gasteiger partial charge is 0.287 e. The average Bonchev–Trinajstić information content (AvgIpc) is 2.86. The molecule has 1 aliphatic carbocycles. The van der Waals surface area contributed by atoms with Gasteiger partial charge in [0.05, 0.1) is 0 Å². The van der Waals surface area contributed by atoms with Crippen LogP contribution in [0.5, 0.6) is 0 Å². The zero-order valence-electron chi connectivity index (χ0n) is 8.71. The molecule has 0 spiro atoms. The zero-order chi connectivity index (χ0) is 11.5. The van der Waals surface area contributed by atoms with Crippen molar-refractivity contribution in [2.45, 2.75) is 25.3 Å². The van der Waals surface area contributed by atoms with E-state index in [2.05, 4.69) is 21.2 Å². The van der Waals surface area contributed by atoms with Gasteiger partial charge in [-0.2, -0.15) is 0 Å². The number of carbonyl (C=O) groups is 1. The van der Waals surface area contributed by atoms with Crippen molar-refractivity contribution in [2.75, 3.05) is 5.33 Å². The first-order chi connectivity index (χ1) is 7.70.